The van der Waals surface area contributed by atoms with Crippen molar-refractivity contribution >= 4 is 19.2 Å². The molecule has 1 aromatic rings. The van der Waals surface area contributed by atoms with E-state index in [-0.39, 0.29) is 13.2 Å². The van der Waals surface area contributed by atoms with Crippen LogP contribution in [0.2, 0.25) is 5.02 Å². The SMILES string of the molecule is CCOP(=O)(OCC)C(C)(O)c1ccccc1Cl. The van der Waals surface area contributed by atoms with E-state index >= 15 is 0 Å². The van der Waals surface area contributed by atoms with E-state index in [0.29, 0.717) is 10.6 Å². The van der Waals surface area contributed by atoms with Crippen LogP contribution in [0.1, 0.15) is 26.3 Å². The Morgan fingerprint density at radius 2 is 1.78 bits per heavy atom. The number of rotatable bonds is 6. The summed E-state index contributed by atoms with van der Waals surface area (Å²) < 4.78 is 23.0. The molecule has 102 valence electrons. The Hall–Kier alpha value is -0.380. The summed E-state index contributed by atoms with van der Waals surface area (Å²) in [5.74, 6) is 0. The summed E-state index contributed by atoms with van der Waals surface area (Å²) in [6, 6.07) is 6.66. The topological polar surface area (TPSA) is 55.8 Å². The molecule has 0 saturated heterocycles. The van der Waals surface area contributed by atoms with E-state index in [2.05, 4.69) is 0 Å². The maximum absolute atomic E-state index is 12.6. The summed E-state index contributed by atoms with van der Waals surface area (Å²) >= 11 is 6.02. The molecule has 0 aliphatic carbocycles. The number of benzene rings is 1. The average molecular weight is 293 g/mol. The van der Waals surface area contributed by atoms with E-state index in [9.17, 15) is 9.67 Å². The van der Waals surface area contributed by atoms with E-state index < -0.39 is 12.9 Å². The maximum Gasteiger partial charge on any atom is 0.366 e. The van der Waals surface area contributed by atoms with Crippen LogP contribution in [0.4, 0.5) is 0 Å². The van der Waals surface area contributed by atoms with E-state index in [4.69, 9.17) is 20.6 Å². The molecule has 4 nitrogen and oxygen atoms in total. The van der Waals surface area contributed by atoms with Gasteiger partial charge in [0.1, 0.15) is 0 Å². The molecular formula is C12H18ClO4P. The molecule has 0 amide bonds. The lowest BCUT2D eigenvalue weighted by Gasteiger charge is -2.32. The van der Waals surface area contributed by atoms with Crippen LogP contribution in [-0.4, -0.2) is 18.3 Å². The molecule has 1 N–H and O–H groups in total. The van der Waals surface area contributed by atoms with Gasteiger partial charge in [-0.3, -0.25) is 4.57 Å². The Labute approximate surface area is 112 Å². The molecule has 18 heavy (non-hydrogen) atoms. The van der Waals surface area contributed by atoms with Crippen LogP contribution in [0.25, 0.3) is 0 Å². The summed E-state index contributed by atoms with van der Waals surface area (Å²) in [7, 11) is -3.70. The number of aliphatic hydroxyl groups is 1. The molecule has 1 aromatic carbocycles. The van der Waals surface area contributed by atoms with Crippen molar-refractivity contribution in [1.82, 2.24) is 0 Å². The van der Waals surface area contributed by atoms with Gasteiger partial charge in [-0.05, 0) is 26.8 Å². The first-order valence-electron chi connectivity index (χ1n) is 5.75. The molecule has 0 bridgehead atoms. The van der Waals surface area contributed by atoms with Crippen molar-refractivity contribution in [2.24, 2.45) is 0 Å². The summed E-state index contributed by atoms with van der Waals surface area (Å²) in [6.45, 7) is 5.12. The van der Waals surface area contributed by atoms with Gasteiger partial charge >= 0.3 is 7.60 Å². The number of halogens is 1. The predicted molar refractivity (Wildman–Crippen MR) is 71.9 cm³/mol. The largest absolute Gasteiger partial charge is 0.373 e. The lowest BCUT2D eigenvalue weighted by Crippen LogP contribution is -2.25. The maximum atomic E-state index is 12.6. The zero-order chi connectivity index (χ0) is 13.8. The smallest absolute Gasteiger partial charge is 0.366 e. The minimum absolute atomic E-state index is 0.178. The third kappa shape index (κ3) is 2.95. The fraction of sp³-hybridized carbons (Fsp3) is 0.500. The van der Waals surface area contributed by atoms with E-state index in [1.54, 1.807) is 38.1 Å². The molecule has 6 heteroatoms. The lowest BCUT2D eigenvalue weighted by atomic mass is 10.1. The highest BCUT2D eigenvalue weighted by molar-refractivity contribution is 7.54. The Morgan fingerprint density at radius 1 is 1.28 bits per heavy atom. The highest BCUT2D eigenvalue weighted by Crippen LogP contribution is 2.64. The van der Waals surface area contributed by atoms with Gasteiger partial charge in [-0.15, -0.1) is 0 Å². The minimum Gasteiger partial charge on any atom is -0.373 e. The van der Waals surface area contributed by atoms with Crippen molar-refractivity contribution in [2.75, 3.05) is 13.2 Å². The molecule has 0 aromatic heterocycles. The van der Waals surface area contributed by atoms with Crippen molar-refractivity contribution in [1.29, 1.82) is 0 Å². The Bertz CT molecular complexity index is 437. The van der Waals surface area contributed by atoms with E-state index in [1.807, 2.05) is 0 Å². The third-order valence-corrected chi connectivity index (χ3v) is 5.35. The second-order valence-electron chi connectivity index (χ2n) is 3.83. The molecule has 1 rings (SSSR count). The van der Waals surface area contributed by atoms with Gasteiger partial charge in [0.2, 0.25) is 0 Å². The average Bonchev–Trinajstić information content (AvgIpc) is 2.29. The van der Waals surface area contributed by atoms with Gasteiger partial charge in [0, 0.05) is 10.6 Å². The van der Waals surface area contributed by atoms with E-state index in [0.717, 1.165) is 0 Å². The molecule has 0 radical (unpaired) electrons. The van der Waals surface area contributed by atoms with Crippen molar-refractivity contribution in [3.63, 3.8) is 0 Å². The second kappa shape index (κ2) is 6.18. The Balaban J connectivity index is 3.25. The number of hydrogen-bond donors (Lipinski definition) is 1. The molecule has 1 atom stereocenters. The molecular weight excluding hydrogens is 275 g/mol. The van der Waals surface area contributed by atoms with Crippen LogP contribution in [0.3, 0.4) is 0 Å². The van der Waals surface area contributed by atoms with Gasteiger partial charge in [-0.25, -0.2) is 0 Å². The first kappa shape index (κ1) is 15.7. The van der Waals surface area contributed by atoms with Gasteiger partial charge in [-0.2, -0.15) is 0 Å². The van der Waals surface area contributed by atoms with Crippen LogP contribution in [-0.2, 0) is 19.0 Å². The number of hydrogen-bond acceptors (Lipinski definition) is 4. The Kier molecular flexibility index (Phi) is 5.38. The van der Waals surface area contributed by atoms with Crippen molar-refractivity contribution in [3.05, 3.63) is 34.9 Å². The first-order valence-corrected chi connectivity index (χ1v) is 7.67. The van der Waals surface area contributed by atoms with Gasteiger partial charge in [0.15, 0.2) is 5.34 Å². The van der Waals surface area contributed by atoms with E-state index in [1.165, 1.54) is 6.92 Å². The highest BCUT2D eigenvalue weighted by Gasteiger charge is 2.48. The normalized spacial score (nSPS) is 15.4. The standard InChI is InChI=1S/C12H18ClO4P/c1-4-16-18(15,17-5-2)12(3,14)10-8-6-7-9-11(10)13/h6-9,14H,4-5H2,1-3H3. The summed E-state index contributed by atoms with van der Waals surface area (Å²) in [6.07, 6.45) is 0. The van der Waals surface area contributed by atoms with Crippen LogP contribution in [0, 0.1) is 0 Å². The summed E-state index contributed by atoms with van der Waals surface area (Å²) in [4.78, 5) is 0. The molecule has 1 unspecified atom stereocenters. The fourth-order valence-electron chi connectivity index (χ4n) is 1.62. The van der Waals surface area contributed by atoms with Gasteiger partial charge < -0.3 is 14.2 Å². The molecule has 0 saturated carbocycles. The Morgan fingerprint density at radius 3 is 2.22 bits per heavy atom. The summed E-state index contributed by atoms with van der Waals surface area (Å²) in [5, 5.41) is 9.09. The molecule has 0 aliphatic rings. The molecule has 0 aliphatic heterocycles. The zero-order valence-corrected chi connectivity index (χ0v) is 12.4. The third-order valence-electron chi connectivity index (χ3n) is 2.52. The van der Waals surface area contributed by atoms with Gasteiger partial charge in [-0.1, -0.05) is 29.8 Å². The highest BCUT2D eigenvalue weighted by atomic mass is 35.5. The van der Waals surface area contributed by atoms with Gasteiger partial charge in [0.05, 0.1) is 13.2 Å². The monoisotopic (exact) mass is 292 g/mol. The predicted octanol–water partition coefficient (Wildman–Crippen LogP) is 3.77. The van der Waals surface area contributed by atoms with Crippen LogP contribution in [0.15, 0.2) is 24.3 Å². The summed E-state index contributed by atoms with van der Waals surface area (Å²) in [5.41, 5.74) is 0.330. The van der Waals surface area contributed by atoms with Crippen LogP contribution < -0.4 is 0 Å². The van der Waals surface area contributed by atoms with Crippen LogP contribution in [0.5, 0.6) is 0 Å². The zero-order valence-electron chi connectivity index (χ0n) is 10.7. The quantitative estimate of drug-likeness (QED) is 0.811. The molecule has 0 heterocycles. The van der Waals surface area contributed by atoms with Crippen molar-refractivity contribution in [3.8, 4) is 0 Å². The fourth-order valence-corrected chi connectivity index (χ4v) is 3.75. The lowest BCUT2D eigenvalue weighted by molar-refractivity contribution is 0.0803. The van der Waals surface area contributed by atoms with Gasteiger partial charge in [0.25, 0.3) is 0 Å². The van der Waals surface area contributed by atoms with Crippen molar-refractivity contribution in [2.45, 2.75) is 26.1 Å². The minimum atomic E-state index is -3.70. The first-order chi connectivity index (χ1) is 8.39. The van der Waals surface area contributed by atoms with Crippen LogP contribution >= 0.6 is 19.2 Å². The molecule has 0 spiro atoms. The van der Waals surface area contributed by atoms with Crippen molar-refractivity contribution < 1.29 is 18.7 Å². The molecule has 0 fully saturated rings. The second-order valence-corrected chi connectivity index (χ2v) is 6.62.